The molecule has 63 heavy (non-hydrogen) atoms. The molecule has 0 saturated heterocycles. The fourth-order valence-corrected chi connectivity index (χ4v) is 10.9. The van der Waals surface area contributed by atoms with Gasteiger partial charge in [-0.2, -0.15) is 0 Å². The SMILES string of the molecule is Cc1ccccc1-c1cccc(-c2ccc(-c3ccc(N(c4ccc5c(c4)C(C)(C)c4ccccc4-5)c4ccc5c(c4)C(C)(C)c4cc(C6=CCCC=C6)ccc4-5)cc3)cc2)c1C. The van der Waals surface area contributed by atoms with Crippen molar-refractivity contribution in [1.29, 1.82) is 0 Å². The first kappa shape index (κ1) is 38.9. The van der Waals surface area contributed by atoms with Gasteiger partial charge in [-0.15, -0.1) is 0 Å². The Bertz CT molecular complexity index is 3170. The highest BCUT2D eigenvalue weighted by Crippen LogP contribution is 2.53. The van der Waals surface area contributed by atoms with E-state index in [2.05, 4.69) is 235 Å². The minimum absolute atomic E-state index is 0.105. The number of hydrogen-bond donors (Lipinski definition) is 0. The van der Waals surface area contributed by atoms with Crippen LogP contribution in [0.1, 0.15) is 79.5 Å². The van der Waals surface area contributed by atoms with Gasteiger partial charge in [-0.1, -0.05) is 173 Å². The van der Waals surface area contributed by atoms with Gasteiger partial charge in [0.1, 0.15) is 0 Å². The van der Waals surface area contributed by atoms with Crippen molar-refractivity contribution in [2.24, 2.45) is 0 Å². The molecule has 0 atom stereocenters. The van der Waals surface area contributed by atoms with Crippen LogP contribution in [0, 0.1) is 13.8 Å². The van der Waals surface area contributed by atoms with Crippen molar-refractivity contribution in [3.63, 3.8) is 0 Å². The van der Waals surface area contributed by atoms with Crippen LogP contribution in [0.25, 0.3) is 61.2 Å². The summed E-state index contributed by atoms with van der Waals surface area (Å²) in [6.45, 7) is 14.0. The molecule has 0 heterocycles. The zero-order chi connectivity index (χ0) is 43.0. The van der Waals surface area contributed by atoms with Crippen LogP contribution in [0.2, 0.25) is 0 Å². The van der Waals surface area contributed by atoms with Gasteiger partial charge >= 0.3 is 0 Å². The van der Waals surface area contributed by atoms with Crippen molar-refractivity contribution in [1.82, 2.24) is 0 Å². The number of hydrogen-bond acceptors (Lipinski definition) is 1. The number of nitrogens with zero attached hydrogens (tertiary/aromatic N) is 1. The first-order valence-corrected chi connectivity index (χ1v) is 22.7. The third-order valence-corrected chi connectivity index (χ3v) is 14.5. The smallest absolute Gasteiger partial charge is 0.0465 e. The van der Waals surface area contributed by atoms with Gasteiger partial charge < -0.3 is 4.90 Å². The lowest BCUT2D eigenvalue weighted by Crippen LogP contribution is -2.18. The van der Waals surface area contributed by atoms with Crippen LogP contribution in [0.3, 0.4) is 0 Å². The summed E-state index contributed by atoms with van der Waals surface area (Å²) in [5.74, 6) is 0. The Morgan fingerprint density at radius 3 is 1.52 bits per heavy atom. The summed E-state index contributed by atoms with van der Waals surface area (Å²) in [5.41, 5.74) is 26.9. The van der Waals surface area contributed by atoms with Gasteiger partial charge in [0, 0.05) is 27.9 Å². The average Bonchev–Trinajstić information content (AvgIpc) is 3.68. The fourth-order valence-electron chi connectivity index (χ4n) is 10.9. The van der Waals surface area contributed by atoms with Crippen LogP contribution in [0.5, 0.6) is 0 Å². The zero-order valence-electron chi connectivity index (χ0n) is 37.3. The summed E-state index contributed by atoms with van der Waals surface area (Å²) in [6, 6.07) is 64.0. The molecule has 0 aromatic heterocycles. The lowest BCUT2D eigenvalue weighted by molar-refractivity contribution is 0.660. The number of rotatable bonds is 7. The van der Waals surface area contributed by atoms with Crippen LogP contribution in [0.15, 0.2) is 188 Å². The monoisotopic (exact) mass is 811 g/mol. The number of aryl methyl sites for hydroxylation is 1. The first-order valence-electron chi connectivity index (χ1n) is 22.7. The highest BCUT2D eigenvalue weighted by Gasteiger charge is 2.38. The lowest BCUT2D eigenvalue weighted by atomic mass is 9.81. The maximum Gasteiger partial charge on any atom is 0.0465 e. The molecule has 306 valence electrons. The molecule has 11 rings (SSSR count). The molecular formula is C62H53N. The van der Waals surface area contributed by atoms with Gasteiger partial charge in [-0.3, -0.25) is 0 Å². The highest BCUT2D eigenvalue weighted by molar-refractivity contribution is 5.90. The molecule has 1 nitrogen and oxygen atoms in total. The van der Waals surface area contributed by atoms with Crippen LogP contribution in [-0.4, -0.2) is 0 Å². The summed E-state index contributed by atoms with van der Waals surface area (Å²) in [5, 5.41) is 0. The van der Waals surface area contributed by atoms with Crippen molar-refractivity contribution in [3.05, 3.63) is 227 Å². The quantitative estimate of drug-likeness (QED) is 0.155. The van der Waals surface area contributed by atoms with E-state index < -0.39 is 0 Å². The highest BCUT2D eigenvalue weighted by atomic mass is 15.1. The zero-order valence-corrected chi connectivity index (χ0v) is 37.3. The van der Waals surface area contributed by atoms with E-state index in [0.29, 0.717) is 0 Å². The molecule has 3 aliphatic rings. The minimum atomic E-state index is -0.154. The number of anilines is 3. The Morgan fingerprint density at radius 2 is 0.873 bits per heavy atom. The van der Waals surface area contributed by atoms with Crippen LogP contribution in [-0.2, 0) is 10.8 Å². The summed E-state index contributed by atoms with van der Waals surface area (Å²) in [6.07, 6.45) is 9.21. The summed E-state index contributed by atoms with van der Waals surface area (Å²) in [7, 11) is 0. The molecule has 0 fully saturated rings. The van der Waals surface area contributed by atoms with Crippen molar-refractivity contribution >= 4 is 22.6 Å². The molecule has 8 aromatic carbocycles. The first-order chi connectivity index (χ1) is 30.6. The van der Waals surface area contributed by atoms with E-state index in [4.69, 9.17) is 0 Å². The van der Waals surface area contributed by atoms with Crippen LogP contribution < -0.4 is 4.90 Å². The molecule has 0 bridgehead atoms. The van der Waals surface area contributed by atoms with Crippen molar-refractivity contribution in [2.75, 3.05) is 4.90 Å². The molecule has 0 spiro atoms. The second-order valence-electron chi connectivity index (χ2n) is 18.9. The number of allylic oxidation sites excluding steroid dienone is 4. The van der Waals surface area contributed by atoms with Crippen molar-refractivity contribution < 1.29 is 0 Å². The Morgan fingerprint density at radius 1 is 0.381 bits per heavy atom. The van der Waals surface area contributed by atoms with Gasteiger partial charge in [0.25, 0.3) is 0 Å². The van der Waals surface area contributed by atoms with E-state index in [1.54, 1.807) is 0 Å². The maximum absolute atomic E-state index is 2.47. The fraction of sp³-hybridized carbons (Fsp3) is 0.161. The summed E-state index contributed by atoms with van der Waals surface area (Å²) in [4.78, 5) is 2.47. The Balaban J connectivity index is 0.969. The van der Waals surface area contributed by atoms with E-state index in [9.17, 15) is 0 Å². The lowest BCUT2D eigenvalue weighted by Gasteiger charge is -2.30. The summed E-state index contributed by atoms with van der Waals surface area (Å²) >= 11 is 0. The standard InChI is InChI=1S/C62H53N/c1-40-15-10-11-18-50(40)52-21-14-20-51(41(52)2)45-25-23-43(24-26-45)44-27-30-47(31-28-44)63(48-32-35-55-53-19-12-13-22-57(53)61(3,4)59(55)38-48)49-33-36-56-54-34-29-46(42-16-8-7-9-17-42)37-58(54)62(5,6)60(56)39-49/h8,10-39H,7,9H2,1-6H3. The normalized spacial score (nSPS) is 15.0. The van der Waals surface area contributed by atoms with Crippen molar-refractivity contribution in [2.45, 2.75) is 65.2 Å². The van der Waals surface area contributed by atoms with E-state index in [0.717, 1.165) is 18.5 Å². The molecular weight excluding hydrogens is 759 g/mol. The predicted molar refractivity (Wildman–Crippen MR) is 268 cm³/mol. The molecule has 0 aliphatic heterocycles. The Kier molecular flexibility index (Phi) is 9.18. The Labute approximate surface area is 373 Å². The van der Waals surface area contributed by atoms with Crippen molar-refractivity contribution in [3.8, 4) is 55.6 Å². The van der Waals surface area contributed by atoms with Gasteiger partial charge in [0.15, 0.2) is 0 Å². The van der Waals surface area contributed by atoms with E-state index in [1.165, 1.54) is 112 Å². The average molecular weight is 812 g/mol. The van der Waals surface area contributed by atoms with Crippen LogP contribution >= 0.6 is 0 Å². The molecule has 0 amide bonds. The van der Waals surface area contributed by atoms with Crippen LogP contribution in [0.4, 0.5) is 17.1 Å². The van der Waals surface area contributed by atoms with Gasteiger partial charge in [0.05, 0.1) is 0 Å². The minimum Gasteiger partial charge on any atom is -0.310 e. The van der Waals surface area contributed by atoms with Gasteiger partial charge in [-0.05, 0) is 169 Å². The number of fused-ring (bicyclic) bond motifs is 6. The molecule has 0 saturated carbocycles. The maximum atomic E-state index is 2.47. The topological polar surface area (TPSA) is 3.24 Å². The second-order valence-corrected chi connectivity index (χ2v) is 18.9. The van der Waals surface area contributed by atoms with E-state index in [1.807, 2.05) is 0 Å². The van der Waals surface area contributed by atoms with E-state index in [-0.39, 0.29) is 10.8 Å². The molecule has 0 N–H and O–H groups in total. The van der Waals surface area contributed by atoms with Gasteiger partial charge in [0.2, 0.25) is 0 Å². The molecule has 0 unspecified atom stereocenters. The third kappa shape index (κ3) is 6.36. The second kappa shape index (κ2) is 14.8. The molecule has 0 radical (unpaired) electrons. The summed E-state index contributed by atoms with van der Waals surface area (Å²) < 4.78 is 0. The van der Waals surface area contributed by atoms with Gasteiger partial charge in [-0.25, -0.2) is 0 Å². The largest absolute Gasteiger partial charge is 0.310 e. The third-order valence-electron chi connectivity index (χ3n) is 14.5. The Hall–Kier alpha value is -6.96. The molecule has 8 aromatic rings. The van der Waals surface area contributed by atoms with E-state index >= 15 is 0 Å². The number of benzene rings is 8. The molecule has 1 heteroatoms. The predicted octanol–water partition coefficient (Wildman–Crippen LogP) is 17.1. The molecule has 3 aliphatic carbocycles.